The second-order valence-electron chi connectivity index (χ2n) is 13.8. The van der Waals surface area contributed by atoms with Gasteiger partial charge in [-0.25, -0.2) is 18.2 Å². The van der Waals surface area contributed by atoms with Crippen LogP contribution in [-0.4, -0.2) is 42.2 Å². The zero-order valence-corrected chi connectivity index (χ0v) is 32.9. The van der Waals surface area contributed by atoms with Gasteiger partial charge >= 0.3 is 0 Å². The Morgan fingerprint density at radius 1 is 1.09 bits per heavy atom. The van der Waals surface area contributed by atoms with Gasteiger partial charge in [0.15, 0.2) is 17.7 Å². The highest BCUT2D eigenvalue weighted by Crippen LogP contribution is 2.41. The van der Waals surface area contributed by atoms with Crippen LogP contribution in [0.25, 0.3) is 5.69 Å². The van der Waals surface area contributed by atoms with Crippen molar-refractivity contribution >= 4 is 50.4 Å². The standard InChI is InChI=1S/C37H43ClN8O7S/c1-9-31(53-32-15-12-23(36(4,5)10-2)16-26(32)37(6,7)11-3)35(47)42-28-18-24(17-27(38)33(28)52-8)43-44-34-22(20-39)21-41-45(34)29-14-13-25(54(40,50)51)19-30(29)46(48)49/h12-19,21,31H,9-11H2,1-8H3,(H,42,47)(H2,40,50,51)/b44-43+. The topological polar surface area (TPSA) is 217 Å². The number of carbonyl (C=O) groups is 1. The fourth-order valence-electron chi connectivity index (χ4n) is 5.41. The number of aromatic nitrogens is 2. The SMILES string of the molecule is CCC(Oc1ccc(C(C)(C)CC)cc1C(C)(C)CC)C(=O)Nc1cc(/N=N/c2c(C#N)cnn2-c2ccc(S(N)(=O)=O)cc2[N+](=O)[O-])cc(Cl)c1OC. The second kappa shape index (κ2) is 16.3. The highest BCUT2D eigenvalue weighted by Gasteiger charge is 2.30. The van der Waals surface area contributed by atoms with E-state index in [4.69, 9.17) is 26.2 Å². The van der Waals surface area contributed by atoms with Gasteiger partial charge in [0, 0.05) is 11.6 Å². The van der Waals surface area contributed by atoms with Gasteiger partial charge in [0.2, 0.25) is 10.0 Å². The van der Waals surface area contributed by atoms with Crippen LogP contribution in [0.5, 0.6) is 11.5 Å². The molecule has 0 aliphatic carbocycles. The summed E-state index contributed by atoms with van der Waals surface area (Å²) in [6.07, 6.45) is 2.34. The number of nitrogens with one attached hydrogen (secondary N) is 1. The Labute approximate surface area is 319 Å². The van der Waals surface area contributed by atoms with Crippen LogP contribution < -0.4 is 19.9 Å². The number of ether oxygens (including phenoxy) is 2. The maximum atomic E-state index is 13.8. The van der Waals surface area contributed by atoms with Crippen LogP contribution in [0.4, 0.5) is 22.9 Å². The number of hydrogen-bond acceptors (Lipinski definition) is 11. The number of primary sulfonamides is 1. The molecule has 0 spiro atoms. The minimum absolute atomic E-state index is 0.0496. The molecule has 286 valence electrons. The summed E-state index contributed by atoms with van der Waals surface area (Å²) in [5.74, 6) is 0.0712. The van der Waals surface area contributed by atoms with Crippen molar-refractivity contribution in [1.29, 1.82) is 5.26 Å². The summed E-state index contributed by atoms with van der Waals surface area (Å²) in [6.45, 7) is 14.8. The molecule has 0 aliphatic heterocycles. The van der Waals surface area contributed by atoms with Gasteiger partial charge in [-0.05, 0) is 66.0 Å². The van der Waals surface area contributed by atoms with E-state index in [1.54, 1.807) is 0 Å². The molecule has 3 N–H and O–H groups in total. The van der Waals surface area contributed by atoms with Crippen LogP contribution in [0.2, 0.25) is 5.02 Å². The molecule has 1 atom stereocenters. The molecule has 1 aromatic heterocycles. The van der Waals surface area contributed by atoms with Crippen LogP contribution in [-0.2, 0) is 25.6 Å². The van der Waals surface area contributed by atoms with Crippen LogP contribution in [0.3, 0.4) is 0 Å². The smallest absolute Gasteiger partial charge is 0.296 e. The molecule has 54 heavy (non-hydrogen) atoms. The molecule has 0 aliphatic rings. The van der Waals surface area contributed by atoms with E-state index < -0.39 is 37.5 Å². The van der Waals surface area contributed by atoms with E-state index in [-0.39, 0.29) is 50.0 Å². The lowest BCUT2D eigenvalue weighted by atomic mass is 9.76. The number of amides is 1. The number of rotatable bonds is 15. The van der Waals surface area contributed by atoms with Gasteiger partial charge in [0.25, 0.3) is 11.6 Å². The highest BCUT2D eigenvalue weighted by molar-refractivity contribution is 7.89. The number of sulfonamides is 1. The molecule has 0 saturated heterocycles. The molecule has 0 radical (unpaired) electrons. The first-order valence-electron chi connectivity index (χ1n) is 17.0. The van der Waals surface area contributed by atoms with Crippen molar-refractivity contribution in [3.05, 3.63) is 86.6 Å². The van der Waals surface area contributed by atoms with Gasteiger partial charge in [0.05, 0.1) is 39.5 Å². The lowest BCUT2D eigenvalue weighted by Crippen LogP contribution is -2.33. The van der Waals surface area contributed by atoms with Crippen molar-refractivity contribution in [2.75, 3.05) is 12.4 Å². The van der Waals surface area contributed by atoms with E-state index in [9.17, 15) is 28.6 Å². The first kappa shape index (κ1) is 41.4. The number of carbonyl (C=O) groups excluding carboxylic acids is 1. The van der Waals surface area contributed by atoms with Crippen LogP contribution >= 0.6 is 11.6 Å². The van der Waals surface area contributed by atoms with Gasteiger partial charge in [-0.2, -0.15) is 10.4 Å². The van der Waals surface area contributed by atoms with Crippen molar-refractivity contribution < 1.29 is 27.6 Å². The molecular formula is C37H43ClN8O7S. The van der Waals surface area contributed by atoms with Crippen molar-refractivity contribution in [2.24, 2.45) is 15.4 Å². The number of nitro benzene ring substituents is 1. The summed E-state index contributed by atoms with van der Waals surface area (Å²) in [4.78, 5) is 24.4. The van der Waals surface area contributed by atoms with Crippen molar-refractivity contribution in [3.63, 3.8) is 0 Å². The third-order valence-electron chi connectivity index (χ3n) is 9.51. The fraction of sp³-hybridized carbons (Fsp3) is 0.378. The normalized spacial score (nSPS) is 12.7. The number of halogens is 1. The van der Waals surface area contributed by atoms with Gasteiger partial charge < -0.3 is 14.8 Å². The fourth-order valence-corrected chi connectivity index (χ4v) is 6.23. The summed E-state index contributed by atoms with van der Waals surface area (Å²) in [7, 11) is -2.88. The monoisotopic (exact) mass is 778 g/mol. The van der Waals surface area contributed by atoms with Crippen molar-refractivity contribution in [2.45, 2.75) is 89.6 Å². The van der Waals surface area contributed by atoms with Crippen LogP contribution in [0, 0.1) is 21.4 Å². The van der Waals surface area contributed by atoms with E-state index in [1.807, 2.05) is 25.1 Å². The number of methoxy groups -OCH3 is 1. The van der Waals surface area contributed by atoms with E-state index >= 15 is 0 Å². The Bertz CT molecular complexity index is 2260. The van der Waals surface area contributed by atoms with Crippen LogP contribution in [0.15, 0.2) is 69.9 Å². The molecular weight excluding hydrogens is 736 g/mol. The van der Waals surface area contributed by atoms with Gasteiger partial charge in [0.1, 0.15) is 23.1 Å². The summed E-state index contributed by atoms with van der Waals surface area (Å²) >= 11 is 6.55. The van der Waals surface area contributed by atoms with E-state index in [2.05, 4.69) is 68.3 Å². The summed E-state index contributed by atoms with van der Waals surface area (Å²) < 4.78 is 36.6. The number of azo groups is 1. The number of hydrogen-bond donors (Lipinski definition) is 2. The summed E-state index contributed by atoms with van der Waals surface area (Å²) in [5.41, 5.74) is 1.19. The molecule has 1 heterocycles. The van der Waals surface area contributed by atoms with E-state index in [0.29, 0.717) is 12.2 Å². The zero-order valence-electron chi connectivity index (χ0n) is 31.3. The minimum Gasteiger partial charge on any atom is -0.493 e. The minimum atomic E-state index is -4.27. The maximum Gasteiger partial charge on any atom is 0.296 e. The van der Waals surface area contributed by atoms with E-state index in [0.717, 1.165) is 47.5 Å². The molecule has 0 saturated carbocycles. The Balaban J connectivity index is 1.70. The Morgan fingerprint density at radius 3 is 2.35 bits per heavy atom. The largest absolute Gasteiger partial charge is 0.493 e. The Morgan fingerprint density at radius 2 is 1.78 bits per heavy atom. The van der Waals surface area contributed by atoms with Crippen molar-refractivity contribution in [3.8, 4) is 23.3 Å². The van der Waals surface area contributed by atoms with Crippen LogP contribution in [0.1, 0.15) is 84.4 Å². The zero-order chi connectivity index (χ0) is 40.2. The summed E-state index contributed by atoms with van der Waals surface area (Å²) in [6, 6.07) is 13.8. The predicted molar refractivity (Wildman–Crippen MR) is 205 cm³/mol. The molecule has 1 unspecified atom stereocenters. The Kier molecular flexibility index (Phi) is 12.5. The number of benzene rings is 3. The molecule has 3 aromatic carbocycles. The number of nitrogens with zero attached hydrogens (tertiary/aromatic N) is 6. The highest BCUT2D eigenvalue weighted by atomic mass is 35.5. The number of nitriles is 1. The second-order valence-corrected chi connectivity index (χ2v) is 15.7. The number of anilines is 1. The quantitative estimate of drug-likeness (QED) is 0.0670. The van der Waals surface area contributed by atoms with Crippen molar-refractivity contribution in [1.82, 2.24) is 9.78 Å². The third-order valence-corrected chi connectivity index (χ3v) is 10.7. The summed E-state index contributed by atoms with van der Waals surface area (Å²) in [5, 5.41) is 42.1. The predicted octanol–water partition coefficient (Wildman–Crippen LogP) is 8.55. The maximum absolute atomic E-state index is 13.8. The molecule has 1 amide bonds. The van der Waals surface area contributed by atoms with Gasteiger partial charge in [-0.3, -0.25) is 14.9 Å². The molecule has 4 rings (SSSR count). The average molecular weight is 779 g/mol. The first-order chi connectivity index (χ1) is 25.3. The first-order valence-corrected chi connectivity index (χ1v) is 19.0. The molecule has 17 heteroatoms. The molecule has 0 bridgehead atoms. The Hall–Kier alpha value is -5.37. The molecule has 4 aromatic rings. The van der Waals surface area contributed by atoms with Gasteiger partial charge in [-0.1, -0.05) is 72.2 Å². The number of nitrogens with two attached hydrogens (primary N) is 1. The average Bonchev–Trinajstić information content (AvgIpc) is 3.54. The molecule has 15 nitrogen and oxygen atoms in total. The lowest BCUT2D eigenvalue weighted by molar-refractivity contribution is -0.384. The van der Waals surface area contributed by atoms with Gasteiger partial charge in [-0.15, -0.1) is 10.2 Å². The lowest BCUT2D eigenvalue weighted by Gasteiger charge is -2.31. The van der Waals surface area contributed by atoms with E-state index in [1.165, 1.54) is 24.8 Å². The molecule has 0 fully saturated rings. The number of nitro groups is 1. The third kappa shape index (κ3) is 8.87.